The average molecular weight is 265 g/mol. The van der Waals surface area contributed by atoms with Crippen LogP contribution in [0.2, 0.25) is 5.02 Å². The molecule has 1 heterocycles. The maximum Gasteiger partial charge on any atom is 0.251 e. The smallest absolute Gasteiger partial charge is 0.251 e. The second-order valence-corrected chi connectivity index (χ2v) is 4.42. The highest BCUT2D eigenvalue weighted by Crippen LogP contribution is 2.18. The van der Waals surface area contributed by atoms with Crippen LogP contribution in [0.25, 0.3) is 0 Å². The number of nitrogens with two attached hydrogens (primary N) is 1. The number of carbonyl (C=O) groups is 1. The van der Waals surface area contributed by atoms with Crippen molar-refractivity contribution in [1.82, 2.24) is 5.32 Å². The summed E-state index contributed by atoms with van der Waals surface area (Å²) in [5.41, 5.74) is 6.53. The van der Waals surface area contributed by atoms with Gasteiger partial charge in [0.1, 0.15) is 5.76 Å². The first-order chi connectivity index (χ1) is 8.56. The second-order valence-electron chi connectivity index (χ2n) is 3.98. The van der Waals surface area contributed by atoms with E-state index in [1.165, 1.54) is 0 Å². The maximum absolute atomic E-state index is 12.0. The number of anilines is 1. The molecular weight excluding hydrogens is 252 g/mol. The summed E-state index contributed by atoms with van der Waals surface area (Å²) in [7, 11) is 0. The van der Waals surface area contributed by atoms with Crippen molar-refractivity contribution < 1.29 is 9.21 Å². The number of furan rings is 1. The molecule has 1 aromatic heterocycles. The first kappa shape index (κ1) is 12.5. The third-order valence-corrected chi connectivity index (χ3v) is 2.72. The predicted molar refractivity (Wildman–Crippen MR) is 70.5 cm³/mol. The van der Waals surface area contributed by atoms with Crippen LogP contribution in [-0.2, 0) is 0 Å². The lowest BCUT2D eigenvalue weighted by molar-refractivity contribution is 0.0935. The quantitative estimate of drug-likeness (QED) is 0.838. The number of hydrogen-bond acceptors (Lipinski definition) is 3. The van der Waals surface area contributed by atoms with Crippen LogP contribution >= 0.6 is 11.6 Å². The van der Waals surface area contributed by atoms with Crippen LogP contribution in [0.3, 0.4) is 0 Å². The van der Waals surface area contributed by atoms with Gasteiger partial charge in [-0.25, -0.2) is 0 Å². The topological polar surface area (TPSA) is 68.3 Å². The van der Waals surface area contributed by atoms with Gasteiger partial charge in [0.15, 0.2) is 0 Å². The second kappa shape index (κ2) is 5.14. The molecule has 1 amide bonds. The van der Waals surface area contributed by atoms with Gasteiger partial charge in [0, 0.05) is 16.3 Å². The third-order valence-electron chi connectivity index (χ3n) is 2.50. The lowest BCUT2D eigenvalue weighted by atomic mass is 10.1. The molecule has 0 aliphatic heterocycles. The fraction of sp³-hybridized carbons (Fsp3) is 0.154. The van der Waals surface area contributed by atoms with Crippen LogP contribution in [0.1, 0.15) is 29.1 Å². The molecule has 0 saturated carbocycles. The van der Waals surface area contributed by atoms with Crippen LogP contribution in [0.5, 0.6) is 0 Å². The van der Waals surface area contributed by atoms with Crippen LogP contribution in [0, 0.1) is 0 Å². The van der Waals surface area contributed by atoms with E-state index in [1.807, 2.05) is 6.92 Å². The minimum atomic E-state index is -0.242. The zero-order chi connectivity index (χ0) is 13.1. The van der Waals surface area contributed by atoms with E-state index in [4.69, 9.17) is 21.8 Å². The van der Waals surface area contributed by atoms with Gasteiger partial charge in [0.25, 0.3) is 5.91 Å². The zero-order valence-electron chi connectivity index (χ0n) is 9.81. The zero-order valence-corrected chi connectivity index (χ0v) is 10.6. The number of nitrogen functional groups attached to an aromatic ring is 1. The van der Waals surface area contributed by atoms with Crippen molar-refractivity contribution in [3.63, 3.8) is 0 Å². The van der Waals surface area contributed by atoms with E-state index < -0.39 is 0 Å². The summed E-state index contributed by atoms with van der Waals surface area (Å²) in [4.78, 5) is 12.0. The Kier molecular flexibility index (Phi) is 3.58. The van der Waals surface area contributed by atoms with E-state index in [9.17, 15) is 4.79 Å². The van der Waals surface area contributed by atoms with Crippen molar-refractivity contribution >= 4 is 23.2 Å². The summed E-state index contributed by atoms with van der Waals surface area (Å²) >= 11 is 5.85. The van der Waals surface area contributed by atoms with Gasteiger partial charge in [-0.1, -0.05) is 11.6 Å². The molecule has 0 radical (unpaired) electrons. The van der Waals surface area contributed by atoms with E-state index in [0.29, 0.717) is 22.0 Å². The van der Waals surface area contributed by atoms with Crippen LogP contribution in [0.4, 0.5) is 5.69 Å². The van der Waals surface area contributed by atoms with Crippen molar-refractivity contribution in [3.8, 4) is 0 Å². The molecule has 1 aromatic carbocycles. The molecule has 18 heavy (non-hydrogen) atoms. The number of benzene rings is 1. The molecule has 1 atom stereocenters. The Morgan fingerprint density at radius 2 is 2.22 bits per heavy atom. The summed E-state index contributed by atoms with van der Waals surface area (Å²) < 4.78 is 5.21. The van der Waals surface area contributed by atoms with E-state index in [0.717, 1.165) is 0 Å². The first-order valence-electron chi connectivity index (χ1n) is 5.46. The standard InChI is InChI=1S/C13H13ClN2O2/c1-8(12-3-2-4-18-12)16-13(17)9-5-10(14)7-11(15)6-9/h2-8H,15H2,1H3,(H,16,17)/t8-/m1/s1. The number of rotatable bonds is 3. The Hall–Kier alpha value is -1.94. The fourth-order valence-corrected chi connectivity index (χ4v) is 1.88. The van der Waals surface area contributed by atoms with Gasteiger partial charge in [-0.3, -0.25) is 4.79 Å². The molecular formula is C13H13ClN2O2. The SMILES string of the molecule is C[C@@H](NC(=O)c1cc(N)cc(Cl)c1)c1ccco1. The monoisotopic (exact) mass is 264 g/mol. The lowest BCUT2D eigenvalue weighted by Gasteiger charge is -2.11. The Balaban J connectivity index is 2.12. The van der Waals surface area contributed by atoms with E-state index in [2.05, 4.69) is 5.32 Å². The number of carbonyl (C=O) groups excluding carboxylic acids is 1. The largest absolute Gasteiger partial charge is 0.467 e. The number of amides is 1. The molecule has 0 unspecified atom stereocenters. The van der Waals surface area contributed by atoms with Gasteiger partial charge in [-0.2, -0.15) is 0 Å². The minimum absolute atomic E-state index is 0.215. The van der Waals surface area contributed by atoms with Gasteiger partial charge in [0.2, 0.25) is 0 Å². The molecule has 5 heteroatoms. The molecule has 94 valence electrons. The van der Waals surface area contributed by atoms with E-state index in [-0.39, 0.29) is 11.9 Å². The Bertz CT molecular complexity index is 532. The van der Waals surface area contributed by atoms with E-state index >= 15 is 0 Å². The number of hydrogen-bond donors (Lipinski definition) is 2. The Morgan fingerprint density at radius 3 is 2.83 bits per heavy atom. The van der Waals surface area contributed by atoms with E-state index in [1.54, 1.807) is 36.6 Å². The molecule has 0 saturated heterocycles. The summed E-state index contributed by atoms with van der Waals surface area (Å²) in [5.74, 6) is 0.450. The first-order valence-corrected chi connectivity index (χ1v) is 5.84. The highest BCUT2D eigenvalue weighted by molar-refractivity contribution is 6.31. The summed E-state index contributed by atoms with van der Waals surface area (Å²) in [5, 5.41) is 3.24. The third kappa shape index (κ3) is 2.84. The maximum atomic E-state index is 12.0. The van der Waals surface area contributed by atoms with Crippen molar-refractivity contribution in [1.29, 1.82) is 0 Å². The molecule has 0 aliphatic carbocycles. The molecule has 3 N–H and O–H groups in total. The van der Waals surface area contributed by atoms with Crippen molar-refractivity contribution in [2.45, 2.75) is 13.0 Å². The summed E-state index contributed by atoms with van der Waals surface area (Å²) in [6.07, 6.45) is 1.56. The normalized spacial score (nSPS) is 12.1. The lowest BCUT2D eigenvalue weighted by Crippen LogP contribution is -2.26. The minimum Gasteiger partial charge on any atom is -0.467 e. The molecule has 0 aliphatic rings. The Labute approximate surface area is 110 Å². The van der Waals surface area contributed by atoms with Crippen LogP contribution in [0.15, 0.2) is 41.0 Å². The number of nitrogens with one attached hydrogen (secondary N) is 1. The predicted octanol–water partition coefficient (Wildman–Crippen LogP) is 3.01. The van der Waals surface area contributed by atoms with Crippen LogP contribution in [-0.4, -0.2) is 5.91 Å². The van der Waals surface area contributed by atoms with Crippen molar-refractivity contribution in [3.05, 3.63) is 52.9 Å². The Morgan fingerprint density at radius 1 is 1.44 bits per heavy atom. The molecule has 0 bridgehead atoms. The average Bonchev–Trinajstić information content (AvgIpc) is 2.80. The van der Waals surface area contributed by atoms with Gasteiger partial charge in [0.05, 0.1) is 12.3 Å². The van der Waals surface area contributed by atoms with Gasteiger partial charge in [-0.05, 0) is 37.3 Å². The summed E-state index contributed by atoms with van der Waals surface area (Å²) in [6, 6.07) is 8.10. The van der Waals surface area contributed by atoms with Gasteiger partial charge >= 0.3 is 0 Å². The summed E-state index contributed by atoms with van der Waals surface area (Å²) in [6.45, 7) is 1.84. The van der Waals surface area contributed by atoms with Gasteiger partial charge < -0.3 is 15.5 Å². The number of halogens is 1. The molecule has 4 nitrogen and oxygen atoms in total. The van der Waals surface area contributed by atoms with Gasteiger partial charge in [-0.15, -0.1) is 0 Å². The van der Waals surface area contributed by atoms with Crippen molar-refractivity contribution in [2.75, 3.05) is 5.73 Å². The molecule has 2 aromatic rings. The highest BCUT2D eigenvalue weighted by atomic mass is 35.5. The molecule has 0 spiro atoms. The molecule has 2 rings (SSSR count). The fourth-order valence-electron chi connectivity index (χ4n) is 1.63. The van der Waals surface area contributed by atoms with Crippen molar-refractivity contribution in [2.24, 2.45) is 0 Å². The van der Waals surface area contributed by atoms with Crippen LogP contribution < -0.4 is 11.1 Å². The highest BCUT2D eigenvalue weighted by Gasteiger charge is 2.14. The molecule has 0 fully saturated rings.